The van der Waals surface area contributed by atoms with E-state index < -0.39 is 0 Å². The molecule has 1 aliphatic heterocycles. The van der Waals surface area contributed by atoms with E-state index in [1.165, 1.54) is 5.56 Å². The lowest BCUT2D eigenvalue weighted by Gasteiger charge is -2.25. The van der Waals surface area contributed by atoms with Gasteiger partial charge in [-0.2, -0.15) is 0 Å². The maximum absolute atomic E-state index is 12.5. The van der Waals surface area contributed by atoms with Crippen LogP contribution >= 0.6 is 0 Å². The summed E-state index contributed by atoms with van der Waals surface area (Å²) >= 11 is 0. The summed E-state index contributed by atoms with van der Waals surface area (Å²) in [6.45, 7) is 5.27. The van der Waals surface area contributed by atoms with E-state index in [0.717, 1.165) is 25.8 Å². The van der Waals surface area contributed by atoms with Gasteiger partial charge in [-0.15, -0.1) is 0 Å². The van der Waals surface area contributed by atoms with Crippen LogP contribution in [0.15, 0.2) is 30.3 Å². The Hall–Kier alpha value is -1.35. The standard InChI is InChI=1S/C16H22N2O/c1-12(2)8-11-18-14(13-6-4-3-5-7-13)17-16(9-10-16)15(18)19/h3-7,12,14,17H,8-11H2,1-2H3. The SMILES string of the molecule is CC(C)CCN1C(=O)C2(CC2)NC1c1ccccc1. The van der Waals surface area contributed by atoms with E-state index in [2.05, 4.69) is 31.3 Å². The molecule has 1 spiro atoms. The molecule has 0 bridgehead atoms. The van der Waals surface area contributed by atoms with E-state index in [1.54, 1.807) is 0 Å². The summed E-state index contributed by atoms with van der Waals surface area (Å²) in [6, 6.07) is 10.3. The van der Waals surface area contributed by atoms with E-state index >= 15 is 0 Å². The van der Waals surface area contributed by atoms with Crippen LogP contribution in [0.3, 0.4) is 0 Å². The average Bonchev–Trinajstić information content (AvgIpc) is 3.13. The highest BCUT2D eigenvalue weighted by Gasteiger charge is 2.59. The second kappa shape index (κ2) is 4.64. The Bertz CT molecular complexity index is 465. The smallest absolute Gasteiger partial charge is 0.244 e. The molecule has 1 aromatic carbocycles. The summed E-state index contributed by atoms with van der Waals surface area (Å²) in [5.41, 5.74) is 0.973. The van der Waals surface area contributed by atoms with Gasteiger partial charge in [0.05, 0.1) is 0 Å². The molecule has 3 nitrogen and oxygen atoms in total. The highest BCUT2D eigenvalue weighted by molar-refractivity contribution is 5.92. The van der Waals surface area contributed by atoms with Crippen molar-refractivity contribution < 1.29 is 4.79 Å². The van der Waals surface area contributed by atoms with Gasteiger partial charge in [-0.05, 0) is 30.7 Å². The van der Waals surface area contributed by atoms with Gasteiger partial charge in [0, 0.05) is 6.54 Å². The molecule has 0 radical (unpaired) electrons. The topological polar surface area (TPSA) is 32.3 Å². The molecule has 2 fully saturated rings. The first-order valence-corrected chi connectivity index (χ1v) is 7.26. The maximum atomic E-state index is 12.5. The number of rotatable bonds is 4. The molecule has 1 heterocycles. The van der Waals surface area contributed by atoms with Crippen LogP contribution in [0, 0.1) is 5.92 Å². The predicted octanol–water partition coefficient (Wildman–Crippen LogP) is 2.70. The third-order valence-electron chi connectivity index (χ3n) is 4.21. The molecule has 1 amide bonds. The molecule has 1 aromatic rings. The molecule has 1 aliphatic carbocycles. The fourth-order valence-electron chi connectivity index (χ4n) is 2.80. The Morgan fingerprint density at radius 2 is 2.00 bits per heavy atom. The van der Waals surface area contributed by atoms with E-state index in [-0.39, 0.29) is 11.7 Å². The van der Waals surface area contributed by atoms with Gasteiger partial charge in [0.15, 0.2) is 0 Å². The first kappa shape index (κ1) is 12.7. The highest BCUT2D eigenvalue weighted by atomic mass is 16.2. The predicted molar refractivity (Wildman–Crippen MR) is 75.5 cm³/mol. The number of benzene rings is 1. The van der Waals surface area contributed by atoms with Crippen molar-refractivity contribution in [1.82, 2.24) is 10.2 Å². The molecule has 102 valence electrons. The Labute approximate surface area is 115 Å². The molecular weight excluding hydrogens is 236 g/mol. The van der Waals surface area contributed by atoms with Gasteiger partial charge >= 0.3 is 0 Å². The number of hydrogen-bond donors (Lipinski definition) is 1. The van der Waals surface area contributed by atoms with Crippen LogP contribution in [-0.2, 0) is 4.79 Å². The lowest BCUT2D eigenvalue weighted by molar-refractivity contribution is -0.131. The highest BCUT2D eigenvalue weighted by Crippen LogP contribution is 2.45. The molecule has 1 unspecified atom stereocenters. The zero-order chi connectivity index (χ0) is 13.5. The quantitative estimate of drug-likeness (QED) is 0.900. The van der Waals surface area contributed by atoms with Crippen LogP contribution in [0.4, 0.5) is 0 Å². The van der Waals surface area contributed by atoms with Crippen molar-refractivity contribution >= 4 is 5.91 Å². The third-order valence-corrected chi connectivity index (χ3v) is 4.21. The normalized spacial score (nSPS) is 24.5. The minimum Gasteiger partial charge on any atom is -0.321 e. The molecule has 3 heteroatoms. The number of carbonyl (C=O) groups is 1. The molecule has 3 rings (SSSR count). The zero-order valence-electron chi connectivity index (χ0n) is 11.7. The summed E-state index contributed by atoms with van der Waals surface area (Å²) in [5, 5.41) is 3.56. The molecule has 19 heavy (non-hydrogen) atoms. The van der Waals surface area contributed by atoms with E-state index in [9.17, 15) is 4.79 Å². The van der Waals surface area contributed by atoms with Crippen LogP contribution in [0.2, 0.25) is 0 Å². The summed E-state index contributed by atoms with van der Waals surface area (Å²) in [5.74, 6) is 0.932. The summed E-state index contributed by atoms with van der Waals surface area (Å²) < 4.78 is 0. The zero-order valence-corrected chi connectivity index (χ0v) is 11.7. The number of nitrogens with one attached hydrogen (secondary N) is 1. The van der Waals surface area contributed by atoms with Gasteiger partial charge in [-0.1, -0.05) is 44.2 Å². The first-order valence-electron chi connectivity index (χ1n) is 7.26. The second-order valence-corrected chi connectivity index (χ2v) is 6.22. The molecule has 1 saturated heterocycles. The van der Waals surface area contributed by atoms with Gasteiger partial charge in [-0.3, -0.25) is 10.1 Å². The van der Waals surface area contributed by atoms with Crippen molar-refractivity contribution in [2.75, 3.05) is 6.54 Å². The number of amides is 1. The Morgan fingerprint density at radius 3 is 2.58 bits per heavy atom. The van der Waals surface area contributed by atoms with Crippen LogP contribution in [0.5, 0.6) is 0 Å². The molecule has 1 saturated carbocycles. The summed E-state index contributed by atoms with van der Waals surface area (Å²) in [6.07, 6.45) is 3.11. The summed E-state index contributed by atoms with van der Waals surface area (Å²) in [4.78, 5) is 14.6. The van der Waals surface area contributed by atoms with Crippen LogP contribution in [-0.4, -0.2) is 22.9 Å². The van der Waals surface area contributed by atoms with Crippen molar-refractivity contribution in [2.45, 2.75) is 44.8 Å². The largest absolute Gasteiger partial charge is 0.321 e. The lowest BCUT2D eigenvalue weighted by atomic mass is 10.1. The maximum Gasteiger partial charge on any atom is 0.244 e. The fourth-order valence-corrected chi connectivity index (χ4v) is 2.80. The fraction of sp³-hybridized carbons (Fsp3) is 0.562. The molecule has 0 aromatic heterocycles. The minimum absolute atomic E-state index is 0.0648. The molecule has 1 N–H and O–H groups in total. The third kappa shape index (κ3) is 2.27. The van der Waals surface area contributed by atoms with Crippen LogP contribution < -0.4 is 5.32 Å². The Morgan fingerprint density at radius 1 is 1.32 bits per heavy atom. The molecule has 1 atom stereocenters. The van der Waals surface area contributed by atoms with Crippen LogP contribution in [0.1, 0.15) is 44.8 Å². The van der Waals surface area contributed by atoms with Crippen molar-refractivity contribution in [3.05, 3.63) is 35.9 Å². The number of carbonyl (C=O) groups excluding carboxylic acids is 1. The van der Waals surface area contributed by atoms with Gasteiger partial charge in [0.2, 0.25) is 5.91 Å². The second-order valence-electron chi connectivity index (χ2n) is 6.22. The van der Waals surface area contributed by atoms with Crippen LogP contribution in [0.25, 0.3) is 0 Å². The average molecular weight is 258 g/mol. The van der Waals surface area contributed by atoms with Crippen molar-refractivity contribution in [3.63, 3.8) is 0 Å². The number of hydrogen-bond acceptors (Lipinski definition) is 2. The van der Waals surface area contributed by atoms with Crippen molar-refractivity contribution in [1.29, 1.82) is 0 Å². The monoisotopic (exact) mass is 258 g/mol. The Kier molecular flexibility index (Phi) is 3.09. The van der Waals surface area contributed by atoms with Gasteiger partial charge < -0.3 is 4.90 Å². The lowest BCUT2D eigenvalue weighted by Crippen LogP contribution is -2.33. The van der Waals surface area contributed by atoms with Gasteiger partial charge in [0.1, 0.15) is 11.7 Å². The molecular formula is C16H22N2O. The van der Waals surface area contributed by atoms with Gasteiger partial charge in [-0.25, -0.2) is 0 Å². The van der Waals surface area contributed by atoms with Crippen molar-refractivity contribution in [2.24, 2.45) is 5.92 Å². The summed E-state index contributed by atoms with van der Waals surface area (Å²) in [7, 11) is 0. The van der Waals surface area contributed by atoms with E-state index in [1.807, 2.05) is 23.1 Å². The van der Waals surface area contributed by atoms with E-state index in [4.69, 9.17) is 0 Å². The Balaban J connectivity index is 1.82. The minimum atomic E-state index is -0.225. The molecule has 2 aliphatic rings. The van der Waals surface area contributed by atoms with E-state index in [0.29, 0.717) is 11.8 Å². The number of nitrogens with zero attached hydrogens (tertiary/aromatic N) is 1. The van der Waals surface area contributed by atoms with Gasteiger partial charge in [0.25, 0.3) is 0 Å². The van der Waals surface area contributed by atoms with Crippen molar-refractivity contribution in [3.8, 4) is 0 Å². The first-order chi connectivity index (χ1) is 9.12.